The number of rotatable bonds is 6. The number of carbonyl (C=O) groups is 2. The smallest absolute Gasteiger partial charge is 0.317 e. The van der Waals surface area contributed by atoms with Gasteiger partial charge in [-0.25, -0.2) is 9.78 Å². The van der Waals surface area contributed by atoms with E-state index in [0.717, 1.165) is 0 Å². The first-order chi connectivity index (χ1) is 9.04. The molecular formula is C11H19N5O3. The number of amides is 3. The Hall–Kier alpha value is -2.09. The van der Waals surface area contributed by atoms with E-state index in [1.165, 1.54) is 9.80 Å². The van der Waals surface area contributed by atoms with Crippen molar-refractivity contribution in [3.8, 4) is 0 Å². The summed E-state index contributed by atoms with van der Waals surface area (Å²) in [6.45, 7) is 0.202. The Morgan fingerprint density at radius 2 is 2.21 bits per heavy atom. The largest absolute Gasteiger partial charge is 0.395 e. The van der Waals surface area contributed by atoms with Gasteiger partial charge >= 0.3 is 6.03 Å². The van der Waals surface area contributed by atoms with Crippen molar-refractivity contribution in [1.29, 1.82) is 0 Å². The van der Waals surface area contributed by atoms with Crippen LogP contribution in [-0.4, -0.2) is 70.6 Å². The Morgan fingerprint density at radius 1 is 1.47 bits per heavy atom. The van der Waals surface area contributed by atoms with Gasteiger partial charge in [0.2, 0.25) is 5.91 Å². The number of carbonyl (C=O) groups excluding carboxylic acids is 2. The van der Waals surface area contributed by atoms with Crippen LogP contribution in [0.4, 0.5) is 4.79 Å². The molecule has 0 saturated carbocycles. The normalized spacial score (nSPS) is 10.1. The quantitative estimate of drug-likeness (QED) is 0.616. The minimum absolute atomic E-state index is 0.113. The van der Waals surface area contributed by atoms with Gasteiger partial charge in [-0.15, -0.1) is 0 Å². The maximum atomic E-state index is 11.9. The molecule has 0 aliphatic rings. The van der Waals surface area contributed by atoms with Crippen molar-refractivity contribution in [3.63, 3.8) is 0 Å². The van der Waals surface area contributed by atoms with Gasteiger partial charge in [-0.3, -0.25) is 4.79 Å². The molecule has 0 aliphatic heterocycles. The highest BCUT2D eigenvalue weighted by Gasteiger charge is 2.15. The average Bonchev–Trinajstić information content (AvgIpc) is 2.87. The van der Waals surface area contributed by atoms with Gasteiger partial charge in [-0.1, -0.05) is 0 Å². The summed E-state index contributed by atoms with van der Waals surface area (Å²) in [6.07, 6.45) is 3.25. The van der Waals surface area contributed by atoms with Gasteiger partial charge in [0.1, 0.15) is 5.82 Å². The molecule has 1 aromatic heterocycles. The fourth-order valence-electron chi connectivity index (χ4n) is 1.40. The molecule has 0 aromatic carbocycles. The molecule has 0 aliphatic carbocycles. The second-order valence-electron chi connectivity index (χ2n) is 4.13. The number of imidazole rings is 1. The number of aromatic amines is 1. The van der Waals surface area contributed by atoms with Crippen LogP contribution >= 0.6 is 0 Å². The molecule has 1 aromatic rings. The molecule has 0 radical (unpaired) electrons. The van der Waals surface area contributed by atoms with E-state index in [-0.39, 0.29) is 38.2 Å². The van der Waals surface area contributed by atoms with E-state index in [9.17, 15) is 9.59 Å². The van der Waals surface area contributed by atoms with Crippen molar-refractivity contribution >= 4 is 11.9 Å². The van der Waals surface area contributed by atoms with E-state index < -0.39 is 0 Å². The maximum Gasteiger partial charge on any atom is 0.317 e. The first-order valence-electron chi connectivity index (χ1n) is 5.86. The summed E-state index contributed by atoms with van der Waals surface area (Å²) < 4.78 is 0. The van der Waals surface area contributed by atoms with Crippen LogP contribution in [0.1, 0.15) is 5.82 Å². The Morgan fingerprint density at radius 3 is 2.74 bits per heavy atom. The SMILES string of the molecule is CN(C)C(=O)NCC(=O)N(CCO)Cc1ncc[nH]1. The van der Waals surface area contributed by atoms with Crippen LogP contribution in [-0.2, 0) is 11.3 Å². The van der Waals surface area contributed by atoms with E-state index >= 15 is 0 Å². The van der Waals surface area contributed by atoms with E-state index in [0.29, 0.717) is 5.82 Å². The van der Waals surface area contributed by atoms with E-state index in [1.807, 2.05) is 0 Å². The van der Waals surface area contributed by atoms with Crippen LogP contribution in [0, 0.1) is 0 Å². The Labute approximate surface area is 111 Å². The minimum Gasteiger partial charge on any atom is -0.395 e. The lowest BCUT2D eigenvalue weighted by atomic mass is 10.4. The lowest BCUT2D eigenvalue weighted by molar-refractivity contribution is -0.131. The molecule has 1 rings (SSSR count). The van der Waals surface area contributed by atoms with Crippen molar-refractivity contribution in [2.45, 2.75) is 6.54 Å². The summed E-state index contributed by atoms with van der Waals surface area (Å²) in [5, 5.41) is 11.4. The second kappa shape index (κ2) is 7.37. The molecule has 0 unspecified atom stereocenters. The van der Waals surface area contributed by atoms with Crippen molar-refractivity contribution in [2.24, 2.45) is 0 Å². The van der Waals surface area contributed by atoms with Gasteiger partial charge in [-0.2, -0.15) is 0 Å². The van der Waals surface area contributed by atoms with Gasteiger partial charge in [0.15, 0.2) is 0 Å². The Bertz CT molecular complexity index is 404. The van der Waals surface area contributed by atoms with Crippen molar-refractivity contribution in [3.05, 3.63) is 18.2 Å². The van der Waals surface area contributed by atoms with Crippen molar-refractivity contribution in [2.75, 3.05) is 33.8 Å². The summed E-state index contributed by atoms with van der Waals surface area (Å²) >= 11 is 0. The maximum absolute atomic E-state index is 11.9. The molecule has 0 bridgehead atoms. The monoisotopic (exact) mass is 269 g/mol. The predicted octanol–water partition coefficient (Wildman–Crippen LogP) is -0.998. The van der Waals surface area contributed by atoms with Crippen LogP contribution in [0.15, 0.2) is 12.4 Å². The average molecular weight is 269 g/mol. The number of hydrogen-bond donors (Lipinski definition) is 3. The molecule has 0 saturated heterocycles. The molecule has 1 heterocycles. The highest BCUT2D eigenvalue weighted by molar-refractivity contribution is 5.83. The zero-order valence-electron chi connectivity index (χ0n) is 11.1. The molecule has 106 valence electrons. The number of aliphatic hydroxyl groups excluding tert-OH is 1. The summed E-state index contributed by atoms with van der Waals surface area (Å²) in [7, 11) is 3.18. The molecule has 8 heteroatoms. The minimum atomic E-state index is -0.338. The Balaban J connectivity index is 2.50. The summed E-state index contributed by atoms with van der Waals surface area (Å²) in [5.41, 5.74) is 0. The number of nitrogens with one attached hydrogen (secondary N) is 2. The molecule has 3 N–H and O–H groups in total. The highest BCUT2D eigenvalue weighted by atomic mass is 16.3. The summed E-state index contributed by atoms with van der Waals surface area (Å²) in [6, 6.07) is -0.338. The summed E-state index contributed by atoms with van der Waals surface area (Å²) in [5.74, 6) is 0.349. The number of aliphatic hydroxyl groups is 1. The van der Waals surface area contributed by atoms with E-state index in [1.54, 1.807) is 26.5 Å². The number of nitrogens with zero attached hydrogens (tertiary/aromatic N) is 3. The third kappa shape index (κ3) is 4.96. The van der Waals surface area contributed by atoms with Gasteiger partial charge < -0.3 is 25.2 Å². The van der Waals surface area contributed by atoms with Gasteiger partial charge in [0.25, 0.3) is 0 Å². The zero-order valence-corrected chi connectivity index (χ0v) is 11.1. The van der Waals surface area contributed by atoms with Crippen LogP contribution in [0.2, 0.25) is 0 Å². The van der Waals surface area contributed by atoms with Crippen molar-refractivity contribution < 1.29 is 14.7 Å². The van der Waals surface area contributed by atoms with Gasteiger partial charge in [0.05, 0.1) is 19.7 Å². The number of urea groups is 1. The van der Waals surface area contributed by atoms with E-state index in [4.69, 9.17) is 5.11 Å². The third-order valence-corrected chi connectivity index (χ3v) is 2.42. The fraction of sp³-hybridized carbons (Fsp3) is 0.545. The molecule has 3 amide bonds. The molecule has 0 fully saturated rings. The third-order valence-electron chi connectivity index (χ3n) is 2.42. The lowest BCUT2D eigenvalue weighted by Gasteiger charge is -2.21. The topological polar surface area (TPSA) is 102 Å². The molecule has 0 atom stereocenters. The first kappa shape index (κ1) is 15.0. The Kier molecular flexibility index (Phi) is 5.80. The van der Waals surface area contributed by atoms with Crippen LogP contribution in [0.5, 0.6) is 0 Å². The molecular weight excluding hydrogens is 250 g/mol. The standard InChI is InChI=1S/C11H19N5O3/c1-15(2)11(19)14-7-10(18)16(5-6-17)8-9-12-3-4-13-9/h3-4,17H,5-8H2,1-2H3,(H,12,13)(H,14,19). The van der Waals surface area contributed by atoms with Crippen molar-refractivity contribution in [1.82, 2.24) is 25.1 Å². The van der Waals surface area contributed by atoms with E-state index in [2.05, 4.69) is 15.3 Å². The van der Waals surface area contributed by atoms with Crippen LogP contribution in [0.3, 0.4) is 0 Å². The second-order valence-corrected chi connectivity index (χ2v) is 4.13. The number of hydrogen-bond acceptors (Lipinski definition) is 4. The number of aromatic nitrogens is 2. The highest BCUT2D eigenvalue weighted by Crippen LogP contribution is 1.98. The van der Waals surface area contributed by atoms with Crippen LogP contribution in [0.25, 0.3) is 0 Å². The predicted molar refractivity (Wildman–Crippen MR) is 68.2 cm³/mol. The zero-order chi connectivity index (χ0) is 14.3. The van der Waals surface area contributed by atoms with Gasteiger partial charge in [-0.05, 0) is 0 Å². The van der Waals surface area contributed by atoms with Gasteiger partial charge in [0, 0.05) is 33.0 Å². The summed E-state index contributed by atoms with van der Waals surface area (Å²) in [4.78, 5) is 32.9. The first-order valence-corrected chi connectivity index (χ1v) is 5.86. The lowest BCUT2D eigenvalue weighted by Crippen LogP contribution is -2.44. The van der Waals surface area contributed by atoms with Crippen LogP contribution < -0.4 is 5.32 Å². The molecule has 0 spiro atoms. The molecule has 19 heavy (non-hydrogen) atoms. The molecule has 8 nitrogen and oxygen atoms in total. The fourth-order valence-corrected chi connectivity index (χ4v) is 1.40. The number of H-pyrrole nitrogens is 1.